The fourth-order valence-corrected chi connectivity index (χ4v) is 2.21. The van der Waals surface area contributed by atoms with Crippen molar-refractivity contribution in [2.75, 3.05) is 6.54 Å². The number of aromatic nitrogens is 1. The third-order valence-electron chi connectivity index (χ3n) is 3.19. The summed E-state index contributed by atoms with van der Waals surface area (Å²) in [6.45, 7) is 6.24. The largest absolute Gasteiger partial charge is 0.352 e. The molecule has 19 heavy (non-hydrogen) atoms. The van der Waals surface area contributed by atoms with Crippen LogP contribution in [-0.4, -0.2) is 17.0 Å². The number of rotatable bonds is 5. The van der Waals surface area contributed by atoms with Crippen molar-refractivity contribution < 1.29 is 4.79 Å². The molecule has 2 rings (SSSR count). The number of hydrogen-bond donors (Lipinski definition) is 1. The molecule has 0 atom stereocenters. The second kappa shape index (κ2) is 5.74. The number of fused-ring (bicyclic) bond motifs is 1. The Morgan fingerprint density at radius 3 is 2.84 bits per heavy atom. The van der Waals surface area contributed by atoms with E-state index >= 15 is 0 Å². The first-order valence-corrected chi connectivity index (χ1v) is 6.52. The molecule has 0 bridgehead atoms. The molecule has 0 unspecified atom stereocenters. The Bertz CT molecular complexity index is 610. The van der Waals surface area contributed by atoms with Crippen LogP contribution in [0.25, 0.3) is 10.9 Å². The normalized spacial score (nSPS) is 10.6. The van der Waals surface area contributed by atoms with Crippen molar-refractivity contribution in [1.82, 2.24) is 9.88 Å². The van der Waals surface area contributed by atoms with E-state index in [1.807, 2.05) is 26.1 Å². The summed E-state index contributed by atoms with van der Waals surface area (Å²) < 4.78 is 2.11. The Hall–Kier alpha value is -2.03. The Morgan fingerprint density at radius 2 is 2.11 bits per heavy atom. The Balaban J connectivity index is 2.02. The third-order valence-corrected chi connectivity index (χ3v) is 3.19. The van der Waals surface area contributed by atoms with Gasteiger partial charge in [-0.15, -0.1) is 0 Å². The van der Waals surface area contributed by atoms with E-state index in [0.717, 1.165) is 12.0 Å². The van der Waals surface area contributed by atoms with Gasteiger partial charge < -0.3 is 9.88 Å². The Kier molecular flexibility index (Phi) is 4.05. The summed E-state index contributed by atoms with van der Waals surface area (Å²) in [7, 11) is 2.03. The maximum absolute atomic E-state index is 11.7. The van der Waals surface area contributed by atoms with Crippen LogP contribution in [0.15, 0.2) is 42.6 Å². The quantitative estimate of drug-likeness (QED) is 0.820. The second-order valence-corrected chi connectivity index (χ2v) is 5.02. The van der Waals surface area contributed by atoms with Gasteiger partial charge in [0.2, 0.25) is 5.91 Å². The minimum atomic E-state index is 0.0796. The van der Waals surface area contributed by atoms with Crippen LogP contribution in [0.1, 0.15) is 18.9 Å². The lowest BCUT2D eigenvalue weighted by atomic mass is 10.1. The lowest BCUT2D eigenvalue weighted by Crippen LogP contribution is -2.24. The molecule has 2 aromatic rings. The fourth-order valence-electron chi connectivity index (χ4n) is 2.21. The highest BCUT2D eigenvalue weighted by Crippen LogP contribution is 2.21. The number of carbonyl (C=O) groups excluding carboxylic acids is 1. The number of para-hydroxylation sites is 1. The zero-order valence-corrected chi connectivity index (χ0v) is 11.6. The van der Waals surface area contributed by atoms with Gasteiger partial charge in [-0.05, 0) is 25.0 Å². The first-order chi connectivity index (χ1) is 9.08. The Morgan fingerprint density at radius 1 is 1.37 bits per heavy atom. The Labute approximate surface area is 113 Å². The van der Waals surface area contributed by atoms with E-state index < -0.39 is 0 Å². The summed E-state index contributed by atoms with van der Waals surface area (Å²) in [6.07, 6.45) is 3.39. The molecular weight excluding hydrogens is 236 g/mol. The average Bonchev–Trinajstić information content (AvgIpc) is 2.71. The first kappa shape index (κ1) is 13.4. The molecule has 3 nitrogen and oxygen atoms in total. The number of hydrogen-bond acceptors (Lipinski definition) is 1. The number of amides is 1. The number of aryl methyl sites for hydroxylation is 2. The molecule has 0 spiro atoms. The fraction of sp³-hybridized carbons (Fsp3) is 0.312. The maximum atomic E-state index is 11.7. The van der Waals surface area contributed by atoms with Crippen molar-refractivity contribution in [2.24, 2.45) is 7.05 Å². The van der Waals surface area contributed by atoms with Crippen molar-refractivity contribution in [3.05, 3.63) is 48.2 Å². The van der Waals surface area contributed by atoms with Crippen LogP contribution < -0.4 is 5.32 Å². The van der Waals surface area contributed by atoms with Crippen molar-refractivity contribution >= 4 is 16.8 Å². The molecule has 1 N–H and O–H groups in total. The van der Waals surface area contributed by atoms with E-state index in [1.54, 1.807) is 0 Å². The minimum absolute atomic E-state index is 0.0796. The highest BCUT2D eigenvalue weighted by molar-refractivity contribution is 5.84. The van der Waals surface area contributed by atoms with Gasteiger partial charge in [-0.2, -0.15) is 0 Å². The molecule has 0 fully saturated rings. The third kappa shape index (κ3) is 3.25. The van der Waals surface area contributed by atoms with Crippen LogP contribution in [0.2, 0.25) is 0 Å². The van der Waals surface area contributed by atoms with Crippen molar-refractivity contribution in [3.8, 4) is 0 Å². The van der Waals surface area contributed by atoms with E-state index in [0.29, 0.717) is 13.0 Å². The molecule has 0 saturated carbocycles. The van der Waals surface area contributed by atoms with Crippen LogP contribution in [0.5, 0.6) is 0 Å². The second-order valence-electron chi connectivity index (χ2n) is 5.02. The van der Waals surface area contributed by atoms with Gasteiger partial charge in [0.15, 0.2) is 0 Å². The van der Waals surface area contributed by atoms with Crippen molar-refractivity contribution in [3.63, 3.8) is 0 Å². The highest BCUT2D eigenvalue weighted by atomic mass is 16.1. The molecule has 0 aliphatic heterocycles. The molecule has 0 radical (unpaired) electrons. The van der Waals surface area contributed by atoms with Gasteiger partial charge in [0.05, 0.1) is 0 Å². The van der Waals surface area contributed by atoms with E-state index in [1.165, 1.54) is 16.5 Å². The lowest BCUT2D eigenvalue weighted by Gasteiger charge is -2.04. The molecule has 100 valence electrons. The predicted octanol–water partition coefficient (Wildman–Crippen LogP) is 2.80. The van der Waals surface area contributed by atoms with Crippen molar-refractivity contribution in [1.29, 1.82) is 0 Å². The van der Waals surface area contributed by atoms with E-state index in [2.05, 4.69) is 34.8 Å². The zero-order valence-electron chi connectivity index (χ0n) is 11.6. The molecule has 0 saturated heterocycles. The van der Waals surface area contributed by atoms with Gasteiger partial charge in [0, 0.05) is 37.1 Å². The standard InChI is InChI=1S/C16H20N2O/c1-12(2)10-17-16(19)9-8-13-11-18(3)15-7-5-4-6-14(13)15/h4-7,11H,1,8-10H2,2-3H3,(H,17,19). The topological polar surface area (TPSA) is 34.0 Å². The molecule has 3 heteroatoms. The highest BCUT2D eigenvalue weighted by Gasteiger charge is 2.08. The van der Waals surface area contributed by atoms with E-state index in [-0.39, 0.29) is 5.91 Å². The summed E-state index contributed by atoms with van der Waals surface area (Å²) in [6, 6.07) is 8.27. The summed E-state index contributed by atoms with van der Waals surface area (Å²) in [5.74, 6) is 0.0796. The number of carbonyl (C=O) groups is 1. The van der Waals surface area contributed by atoms with Gasteiger partial charge >= 0.3 is 0 Å². The summed E-state index contributed by atoms with van der Waals surface area (Å²) in [5.41, 5.74) is 3.40. The van der Waals surface area contributed by atoms with Gasteiger partial charge in [0.25, 0.3) is 0 Å². The summed E-state index contributed by atoms with van der Waals surface area (Å²) >= 11 is 0. The smallest absolute Gasteiger partial charge is 0.220 e. The van der Waals surface area contributed by atoms with E-state index in [4.69, 9.17) is 0 Å². The maximum Gasteiger partial charge on any atom is 0.220 e. The molecule has 1 heterocycles. The molecule has 1 aromatic carbocycles. The zero-order chi connectivity index (χ0) is 13.8. The van der Waals surface area contributed by atoms with Crippen LogP contribution >= 0.6 is 0 Å². The monoisotopic (exact) mass is 256 g/mol. The number of nitrogens with one attached hydrogen (secondary N) is 1. The SMILES string of the molecule is C=C(C)CNC(=O)CCc1cn(C)c2ccccc12. The molecular formula is C16H20N2O. The molecule has 1 amide bonds. The van der Waals surface area contributed by atoms with Gasteiger partial charge in [0.1, 0.15) is 0 Å². The molecule has 0 aliphatic rings. The van der Waals surface area contributed by atoms with Gasteiger partial charge in [-0.1, -0.05) is 30.4 Å². The number of benzene rings is 1. The van der Waals surface area contributed by atoms with Gasteiger partial charge in [-0.25, -0.2) is 0 Å². The van der Waals surface area contributed by atoms with Crippen LogP contribution in [0, 0.1) is 0 Å². The first-order valence-electron chi connectivity index (χ1n) is 6.52. The van der Waals surface area contributed by atoms with Crippen LogP contribution in [0.4, 0.5) is 0 Å². The van der Waals surface area contributed by atoms with E-state index in [9.17, 15) is 4.79 Å². The molecule has 1 aromatic heterocycles. The summed E-state index contributed by atoms with van der Waals surface area (Å²) in [4.78, 5) is 11.7. The lowest BCUT2D eigenvalue weighted by molar-refractivity contribution is -0.120. The summed E-state index contributed by atoms with van der Waals surface area (Å²) in [5, 5.41) is 4.10. The van der Waals surface area contributed by atoms with Crippen molar-refractivity contribution in [2.45, 2.75) is 19.8 Å². The van der Waals surface area contributed by atoms with Crippen LogP contribution in [0.3, 0.4) is 0 Å². The number of nitrogens with zero attached hydrogens (tertiary/aromatic N) is 1. The molecule has 0 aliphatic carbocycles. The average molecular weight is 256 g/mol. The van der Waals surface area contributed by atoms with Crippen LogP contribution in [-0.2, 0) is 18.3 Å². The van der Waals surface area contributed by atoms with Gasteiger partial charge in [-0.3, -0.25) is 4.79 Å². The predicted molar refractivity (Wildman–Crippen MR) is 79.1 cm³/mol. The minimum Gasteiger partial charge on any atom is -0.352 e.